The van der Waals surface area contributed by atoms with Crippen molar-refractivity contribution in [2.24, 2.45) is 0 Å². The van der Waals surface area contributed by atoms with Gasteiger partial charge in [-0.05, 0) is 32.6 Å². The van der Waals surface area contributed by atoms with Crippen LogP contribution in [0.15, 0.2) is 12.4 Å². The predicted octanol–water partition coefficient (Wildman–Crippen LogP) is 1.26. The third-order valence-corrected chi connectivity index (χ3v) is 5.31. The number of aromatic nitrogens is 2. The number of nitrogens with one attached hydrogen (secondary N) is 1. The minimum Gasteiger partial charge on any atom is -0.356 e. The summed E-state index contributed by atoms with van der Waals surface area (Å²) in [4.78, 5) is 36.9. The summed E-state index contributed by atoms with van der Waals surface area (Å²) in [5, 5.41) is 2.47. The van der Waals surface area contributed by atoms with E-state index in [0.717, 1.165) is 24.6 Å². The Hall–Kier alpha value is -2.18. The molecule has 2 aliphatic heterocycles. The molecule has 0 bridgehead atoms. The number of rotatable bonds is 3. The van der Waals surface area contributed by atoms with Crippen molar-refractivity contribution in [2.75, 3.05) is 24.5 Å². The van der Waals surface area contributed by atoms with Gasteiger partial charge in [-0.2, -0.15) is 0 Å². The second-order valence-corrected chi connectivity index (χ2v) is 6.60. The highest BCUT2D eigenvalue weighted by atomic mass is 16.2. The molecule has 1 spiro atoms. The Morgan fingerprint density at radius 1 is 1.26 bits per heavy atom. The lowest BCUT2D eigenvalue weighted by atomic mass is 9.86. The van der Waals surface area contributed by atoms with E-state index in [1.807, 2.05) is 6.92 Å². The van der Waals surface area contributed by atoms with Crippen LogP contribution in [-0.4, -0.2) is 52.0 Å². The number of imide groups is 1. The molecule has 7 heteroatoms. The van der Waals surface area contributed by atoms with E-state index < -0.39 is 5.54 Å². The van der Waals surface area contributed by atoms with Crippen LogP contribution in [0.1, 0.15) is 44.2 Å². The van der Waals surface area contributed by atoms with Crippen LogP contribution in [0.5, 0.6) is 0 Å². The number of carbonyl (C=O) groups excluding carboxylic acids is 2. The van der Waals surface area contributed by atoms with Crippen molar-refractivity contribution in [2.45, 2.75) is 44.1 Å². The maximum Gasteiger partial charge on any atom is 0.325 e. The van der Waals surface area contributed by atoms with Gasteiger partial charge in [0.1, 0.15) is 17.7 Å². The summed E-state index contributed by atoms with van der Waals surface area (Å²) >= 11 is 0. The molecule has 1 aromatic heterocycles. The van der Waals surface area contributed by atoms with Crippen molar-refractivity contribution in [1.82, 2.24) is 20.2 Å². The highest BCUT2D eigenvalue weighted by Gasteiger charge is 2.53. The molecule has 0 radical (unpaired) electrons. The molecule has 1 aromatic rings. The molecule has 4 rings (SSSR count). The number of urea groups is 1. The zero-order chi connectivity index (χ0) is 16.0. The van der Waals surface area contributed by atoms with E-state index in [1.165, 1.54) is 12.8 Å². The fourth-order valence-electron chi connectivity index (χ4n) is 3.78. The molecule has 2 saturated heterocycles. The second kappa shape index (κ2) is 5.18. The molecule has 1 aliphatic carbocycles. The van der Waals surface area contributed by atoms with E-state index in [1.54, 1.807) is 11.2 Å². The number of piperidine rings is 1. The van der Waals surface area contributed by atoms with E-state index in [2.05, 4.69) is 26.3 Å². The lowest BCUT2D eigenvalue weighted by Crippen LogP contribution is -2.56. The van der Waals surface area contributed by atoms with Crippen LogP contribution in [-0.2, 0) is 4.79 Å². The zero-order valence-corrected chi connectivity index (χ0v) is 13.3. The maximum absolute atomic E-state index is 12.3. The standard InChI is InChI=1S/C16H21N5O2/c1-2-21-15(23)19-14(22)16(21)5-7-20(8-6-16)13-9-12(11-3-4-11)17-10-18-13/h9-11H,2-8H2,1H3,(H,19,22,23). The topological polar surface area (TPSA) is 78.4 Å². The Labute approximate surface area is 135 Å². The molecular weight excluding hydrogens is 294 g/mol. The SMILES string of the molecule is CCN1C(=O)NC(=O)C12CCN(c1cc(C3CC3)ncn1)CC2. The fraction of sp³-hybridized carbons (Fsp3) is 0.625. The van der Waals surface area contributed by atoms with Gasteiger partial charge in [-0.25, -0.2) is 14.8 Å². The van der Waals surface area contributed by atoms with Crippen LogP contribution in [0.4, 0.5) is 10.6 Å². The highest BCUT2D eigenvalue weighted by molar-refractivity contribution is 6.07. The van der Waals surface area contributed by atoms with Crippen LogP contribution < -0.4 is 10.2 Å². The molecular formula is C16H21N5O2. The van der Waals surface area contributed by atoms with E-state index in [9.17, 15) is 9.59 Å². The van der Waals surface area contributed by atoms with Crippen LogP contribution in [0.2, 0.25) is 0 Å². The number of hydrogen-bond donors (Lipinski definition) is 1. The summed E-state index contributed by atoms with van der Waals surface area (Å²) in [7, 11) is 0. The van der Waals surface area contributed by atoms with Crippen LogP contribution in [0, 0.1) is 0 Å². The predicted molar refractivity (Wildman–Crippen MR) is 84.1 cm³/mol. The molecule has 3 amide bonds. The molecule has 0 atom stereocenters. The number of amides is 3. The Kier molecular flexibility index (Phi) is 3.25. The Morgan fingerprint density at radius 2 is 2.00 bits per heavy atom. The lowest BCUT2D eigenvalue weighted by Gasteiger charge is -2.42. The van der Waals surface area contributed by atoms with Crippen LogP contribution in [0.25, 0.3) is 0 Å². The Balaban J connectivity index is 1.51. The van der Waals surface area contributed by atoms with Crippen molar-refractivity contribution >= 4 is 17.8 Å². The minimum absolute atomic E-state index is 0.148. The van der Waals surface area contributed by atoms with Gasteiger partial charge in [0.2, 0.25) is 0 Å². The molecule has 122 valence electrons. The smallest absolute Gasteiger partial charge is 0.325 e. The highest BCUT2D eigenvalue weighted by Crippen LogP contribution is 2.40. The number of hydrogen-bond acceptors (Lipinski definition) is 5. The number of likely N-dealkylation sites (N-methyl/N-ethyl adjacent to an activating group) is 1. The van der Waals surface area contributed by atoms with E-state index in [-0.39, 0.29) is 11.9 Å². The van der Waals surface area contributed by atoms with Crippen molar-refractivity contribution in [3.05, 3.63) is 18.1 Å². The van der Waals surface area contributed by atoms with Crippen molar-refractivity contribution in [3.8, 4) is 0 Å². The molecule has 0 unspecified atom stereocenters. The summed E-state index contributed by atoms with van der Waals surface area (Å²) < 4.78 is 0. The quantitative estimate of drug-likeness (QED) is 0.850. The molecule has 3 fully saturated rings. The number of nitrogens with zero attached hydrogens (tertiary/aromatic N) is 4. The number of carbonyl (C=O) groups is 2. The summed E-state index contributed by atoms with van der Waals surface area (Å²) in [5.74, 6) is 1.39. The van der Waals surface area contributed by atoms with E-state index in [4.69, 9.17) is 0 Å². The zero-order valence-electron chi connectivity index (χ0n) is 13.3. The monoisotopic (exact) mass is 315 g/mol. The van der Waals surface area contributed by atoms with Crippen LogP contribution >= 0.6 is 0 Å². The largest absolute Gasteiger partial charge is 0.356 e. The first kappa shape index (κ1) is 14.4. The molecule has 3 aliphatic rings. The minimum atomic E-state index is -0.672. The van der Waals surface area contributed by atoms with Crippen molar-refractivity contribution in [1.29, 1.82) is 0 Å². The third-order valence-electron chi connectivity index (χ3n) is 5.31. The molecule has 23 heavy (non-hydrogen) atoms. The fourth-order valence-corrected chi connectivity index (χ4v) is 3.78. The first-order chi connectivity index (χ1) is 11.1. The van der Waals surface area contributed by atoms with Gasteiger partial charge in [0.05, 0.1) is 0 Å². The first-order valence-corrected chi connectivity index (χ1v) is 8.34. The maximum atomic E-state index is 12.3. The average molecular weight is 315 g/mol. The normalized spacial score (nSPS) is 23.5. The second-order valence-electron chi connectivity index (χ2n) is 6.60. The summed E-state index contributed by atoms with van der Waals surface area (Å²) in [6.07, 6.45) is 5.35. The molecule has 1 N–H and O–H groups in total. The van der Waals surface area contributed by atoms with Gasteiger partial charge in [-0.1, -0.05) is 0 Å². The van der Waals surface area contributed by atoms with Gasteiger partial charge in [-0.3, -0.25) is 10.1 Å². The van der Waals surface area contributed by atoms with Gasteiger partial charge in [0.25, 0.3) is 5.91 Å². The molecule has 1 saturated carbocycles. The third kappa shape index (κ3) is 2.26. The molecule has 7 nitrogen and oxygen atoms in total. The van der Waals surface area contributed by atoms with E-state index >= 15 is 0 Å². The molecule has 3 heterocycles. The summed E-state index contributed by atoms with van der Waals surface area (Å²) in [6.45, 7) is 3.91. The van der Waals surface area contributed by atoms with Gasteiger partial charge in [0.15, 0.2) is 0 Å². The van der Waals surface area contributed by atoms with Crippen LogP contribution in [0.3, 0.4) is 0 Å². The first-order valence-electron chi connectivity index (χ1n) is 8.34. The van der Waals surface area contributed by atoms with E-state index in [0.29, 0.717) is 25.3 Å². The average Bonchev–Trinajstić information content (AvgIpc) is 3.38. The Morgan fingerprint density at radius 3 is 2.65 bits per heavy atom. The summed E-state index contributed by atoms with van der Waals surface area (Å²) in [5.41, 5.74) is 0.452. The van der Waals surface area contributed by atoms with Gasteiger partial charge in [0, 0.05) is 37.3 Å². The Bertz CT molecular complexity index is 650. The van der Waals surface area contributed by atoms with Gasteiger partial charge < -0.3 is 9.80 Å². The number of anilines is 1. The summed E-state index contributed by atoms with van der Waals surface area (Å²) in [6, 6.07) is 1.82. The lowest BCUT2D eigenvalue weighted by molar-refractivity contribution is -0.127. The van der Waals surface area contributed by atoms with Gasteiger partial charge >= 0.3 is 6.03 Å². The van der Waals surface area contributed by atoms with Crippen molar-refractivity contribution < 1.29 is 9.59 Å². The van der Waals surface area contributed by atoms with Crippen molar-refractivity contribution in [3.63, 3.8) is 0 Å². The van der Waals surface area contributed by atoms with Gasteiger partial charge in [-0.15, -0.1) is 0 Å². The molecule has 0 aromatic carbocycles.